The highest BCUT2D eigenvalue weighted by molar-refractivity contribution is 6.24. The van der Waals surface area contributed by atoms with Crippen molar-refractivity contribution < 1.29 is 14.4 Å². The summed E-state index contributed by atoms with van der Waals surface area (Å²) >= 11 is 0. The second kappa shape index (κ2) is 31.5. The molecule has 0 bridgehead atoms. The van der Waals surface area contributed by atoms with Crippen LogP contribution in [0.4, 0.5) is 17.1 Å². The predicted octanol–water partition coefficient (Wildman–Crippen LogP) is 17.7. The molecule has 0 fully saturated rings. The van der Waals surface area contributed by atoms with Gasteiger partial charge in [0.2, 0.25) is 0 Å². The second-order valence-electron chi connectivity index (χ2n) is 29.7. The van der Waals surface area contributed by atoms with Gasteiger partial charge in [-0.05, 0) is 144 Å². The van der Waals surface area contributed by atoms with Crippen molar-refractivity contribution in [3.63, 3.8) is 0 Å². The van der Waals surface area contributed by atoms with Gasteiger partial charge in [0.05, 0.1) is 75.8 Å². The summed E-state index contributed by atoms with van der Waals surface area (Å²) in [5.74, 6) is 0.747. The first-order valence-corrected chi connectivity index (χ1v) is 38.6. The number of hydrogen-bond donors (Lipinski definition) is 4. The van der Waals surface area contributed by atoms with Crippen LogP contribution in [-0.2, 0) is 25.8 Å². The van der Waals surface area contributed by atoms with E-state index >= 15 is 0 Å². The number of hydrogen-bond acceptors (Lipinski definition) is 16. The number of nitrogens with zero attached hydrogens (tertiary/aromatic N) is 9. The van der Waals surface area contributed by atoms with E-state index in [1.54, 1.807) is 6.20 Å². The number of pyridine rings is 4. The molecule has 8 unspecified atom stereocenters. The Hall–Kier alpha value is -13.1. The Balaban J connectivity index is 0.000000108. The van der Waals surface area contributed by atoms with Crippen molar-refractivity contribution in [2.75, 3.05) is 49.7 Å². The van der Waals surface area contributed by atoms with Crippen molar-refractivity contribution in [2.24, 2.45) is 20.1 Å². The first-order chi connectivity index (χ1) is 55.0. The van der Waals surface area contributed by atoms with Crippen LogP contribution in [0.2, 0.25) is 0 Å². The van der Waals surface area contributed by atoms with Crippen molar-refractivity contribution in [1.29, 1.82) is 0 Å². The molecule has 0 spiro atoms. The zero-order chi connectivity index (χ0) is 76.3. The smallest absolute Gasteiger partial charge is 0.184 e. The van der Waals surface area contributed by atoms with Crippen LogP contribution in [0.5, 0.6) is 0 Å². The van der Waals surface area contributed by atoms with Gasteiger partial charge in [0.1, 0.15) is 19.6 Å². The molecule has 552 valence electrons. The molecule has 0 saturated heterocycles. The summed E-state index contributed by atoms with van der Waals surface area (Å²) in [4.78, 5) is 72.0. The summed E-state index contributed by atoms with van der Waals surface area (Å²) in [7, 11) is 4.15. The Morgan fingerprint density at radius 1 is 0.393 bits per heavy atom. The van der Waals surface area contributed by atoms with Crippen molar-refractivity contribution in [1.82, 2.24) is 30.3 Å². The zero-order valence-electron chi connectivity index (χ0n) is 63.0. The van der Waals surface area contributed by atoms with Gasteiger partial charge in [-0.15, -0.1) is 0 Å². The molecule has 112 heavy (non-hydrogen) atoms. The minimum absolute atomic E-state index is 0.00292. The van der Waals surface area contributed by atoms with Gasteiger partial charge >= 0.3 is 0 Å². The highest BCUT2D eigenvalue weighted by Crippen LogP contribution is 2.50. The van der Waals surface area contributed by atoms with E-state index in [4.69, 9.17) is 20.1 Å². The molecule has 16 nitrogen and oxygen atoms in total. The van der Waals surface area contributed by atoms with Crippen LogP contribution in [0.25, 0.3) is 5.70 Å². The van der Waals surface area contributed by atoms with E-state index in [1.165, 1.54) is 55.6 Å². The molecule has 8 aliphatic rings. The largest absolute Gasteiger partial charge is 0.377 e. The monoisotopic (exact) mass is 1470 g/mol. The molecule has 20 rings (SSSR count). The maximum atomic E-state index is 12.5. The summed E-state index contributed by atoms with van der Waals surface area (Å²) < 4.78 is 0. The number of Topliss-reactive ketones (excluding diaryl/α,β-unsaturated/α-hetero) is 3. The van der Waals surface area contributed by atoms with Gasteiger partial charge < -0.3 is 20.9 Å². The zero-order valence-corrected chi connectivity index (χ0v) is 63.0. The van der Waals surface area contributed by atoms with E-state index in [1.807, 2.05) is 122 Å². The first kappa shape index (κ1) is 71.8. The third-order valence-electron chi connectivity index (χ3n) is 22.6. The van der Waals surface area contributed by atoms with Gasteiger partial charge in [-0.2, -0.15) is 5.10 Å². The van der Waals surface area contributed by atoms with Gasteiger partial charge in [-0.25, -0.2) is 0 Å². The number of nitrogens with one attached hydrogen (secondary N) is 4. The maximum Gasteiger partial charge on any atom is 0.184 e. The van der Waals surface area contributed by atoms with Crippen LogP contribution in [-0.4, -0.2) is 98.8 Å². The number of carbonyl (C=O) groups is 3. The van der Waals surface area contributed by atoms with Crippen LogP contribution in [0, 0.1) is 0 Å². The van der Waals surface area contributed by atoms with Crippen molar-refractivity contribution in [3.8, 4) is 0 Å². The van der Waals surface area contributed by atoms with Crippen molar-refractivity contribution in [2.45, 2.75) is 87.4 Å². The lowest BCUT2D eigenvalue weighted by atomic mass is 9.68. The Bertz CT molecular complexity index is 5550. The Labute approximate surface area is 652 Å². The van der Waals surface area contributed by atoms with Gasteiger partial charge in [-0.3, -0.25) is 54.7 Å². The number of benzene rings is 8. The second-order valence-corrected chi connectivity index (χ2v) is 29.7. The number of ketones is 3. The first-order valence-electron chi connectivity index (χ1n) is 38.6. The molecule has 8 aromatic carbocycles. The van der Waals surface area contributed by atoms with E-state index in [0.29, 0.717) is 5.92 Å². The van der Waals surface area contributed by atoms with Crippen LogP contribution in [0.15, 0.2) is 300 Å². The summed E-state index contributed by atoms with van der Waals surface area (Å²) in [5, 5.41) is 15.8. The molecule has 0 saturated carbocycles. The van der Waals surface area contributed by atoms with E-state index in [0.717, 1.165) is 127 Å². The minimum atomic E-state index is -0.0597. The third kappa shape index (κ3) is 13.9. The summed E-state index contributed by atoms with van der Waals surface area (Å²) in [5.41, 5.74) is 33.0. The number of hydrazone groups is 1. The van der Waals surface area contributed by atoms with Gasteiger partial charge in [0, 0.05) is 117 Å². The quantitative estimate of drug-likeness (QED) is 0.0902. The lowest BCUT2D eigenvalue weighted by Gasteiger charge is -2.38. The normalized spacial score (nSPS) is 20.2. The molecule has 0 amide bonds. The van der Waals surface area contributed by atoms with Gasteiger partial charge in [0.15, 0.2) is 17.3 Å². The molecule has 12 aromatic rings. The van der Waals surface area contributed by atoms with E-state index in [-0.39, 0.29) is 78.8 Å². The van der Waals surface area contributed by atoms with Gasteiger partial charge in [0.25, 0.3) is 0 Å². The maximum absolute atomic E-state index is 12.5. The molecule has 11 heterocycles. The lowest BCUT2D eigenvalue weighted by Crippen LogP contribution is -2.36. The lowest BCUT2D eigenvalue weighted by molar-refractivity contribution is 0.0992. The molecule has 8 atom stereocenters. The third-order valence-corrected chi connectivity index (χ3v) is 22.6. The number of aryl methyl sites for hydroxylation is 2. The summed E-state index contributed by atoms with van der Waals surface area (Å²) in [6.07, 6.45) is 14.1. The van der Waals surface area contributed by atoms with E-state index in [2.05, 4.69) is 226 Å². The molecular weight excluding hydrogens is 1380 g/mol. The Kier molecular flexibility index (Phi) is 20.2. The molecule has 4 N–H and O–H groups in total. The number of rotatable bonds is 12. The van der Waals surface area contributed by atoms with Crippen LogP contribution in [0.3, 0.4) is 0 Å². The van der Waals surface area contributed by atoms with E-state index in [9.17, 15) is 14.4 Å². The van der Waals surface area contributed by atoms with Crippen LogP contribution in [0.1, 0.15) is 187 Å². The van der Waals surface area contributed by atoms with Crippen molar-refractivity contribution in [3.05, 3.63) is 392 Å². The summed E-state index contributed by atoms with van der Waals surface area (Å²) in [6.45, 7) is 9.97. The van der Waals surface area contributed by atoms with E-state index < -0.39 is 0 Å². The Morgan fingerprint density at radius 2 is 0.821 bits per heavy atom. The number of aliphatic imine (C=N–C) groups is 3. The minimum Gasteiger partial charge on any atom is -0.377 e. The molecular formula is C96H85N13O3. The topological polar surface area (TPSA) is 204 Å². The van der Waals surface area contributed by atoms with Gasteiger partial charge in [-0.1, -0.05) is 202 Å². The molecule has 16 heteroatoms. The average molecular weight is 1470 g/mol. The summed E-state index contributed by atoms with van der Waals surface area (Å²) in [6, 6.07) is 81.1. The fourth-order valence-corrected chi connectivity index (χ4v) is 17.5. The average Bonchev–Trinajstić information content (AvgIpc) is 0.755. The Morgan fingerprint density at radius 3 is 1.29 bits per heavy atom. The fourth-order valence-electron chi connectivity index (χ4n) is 17.5. The molecule has 4 aromatic heterocycles. The SMILES string of the molecule is C=C1NN=C2c3c(cccc31)CC(c1cccnc1)C2c1ccccc1.CCc1cccc(C2C3=NCC(=O)c4cccc(c43)NC2c2ccccn2)c1.CCc1cccc(C2C3=NCC(=O)c4cccc(c43)NC2c2cccnc2)c1.CN(C)Cc1cccc(C2C3=NCC(=O)c4cccc(c43)NC2c2ccccn2)c1. The number of aromatic nitrogens is 4. The predicted molar refractivity (Wildman–Crippen MR) is 447 cm³/mol. The molecule has 1 aliphatic carbocycles. The van der Waals surface area contributed by atoms with Crippen molar-refractivity contribution >= 4 is 63.0 Å². The molecule has 7 aliphatic heterocycles. The van der Waals surface area contributed by atoms with Crippen LogP contribution < -0.4 is 21.4 Å². The highest BCUT2D eigenvalue weighted by atomic mass is 16.1. The fraction of sp³-hybridized carbons (Fsp3) is 0.198. The standard InChI is InChI=1S/C25H24N4O.2C24H21N3O.C23H19N3/c1-29(2)15-16-7-5-8-17(13-16)22-24(20-10-3-4-12-26-20)28-19-11-6-9-18-21(30)14-27-25(22)23(18)19;1-2-15-6-3-7-16(12-15)21-23(17-8-5-11-25-13-17)27-19-10-4-9-18-20(28)14-26-24(21)22(18)19;1-2-15-7-5-8-16(13-15)21-23(19-10-3-4-12-25-19)27-18-11-6-9-17-20(28)14-26-24(21)22(17)18;1-15-19-11-5-9-17-13-20(18-10-6-12-24-14-18)21(16-7-3-2-4-8-16)23(22(17)19)26-25-15/h3-13,22,24,28H,14-15H2,1-2H3;2*3-13,21,23,27H,2,14H2,1H3;2-12,14,20-21,25H,1,13H2. The number of carbonyl (C=O) groups excluding carboxylic acids is 3. The number of anilines is 3. The highest BCUT2D eigenvalue weighted by Gasteiger charge is 2.45. The molecule has 0 radical (unpaired) electrons. The van der Waals surface area contributed by atoms with Crippen LogP contribution >= 0.6 is 0 Å².